The maximum absolute atomic E-state index is 13.1. The molecule has 0 saturated carbocycles. The molecule has 0 bridgehead atoms. The molecule has 3 rings (SSSR count). The minimum atomic E-state index is -4.51. The summed E-state index contributed by atoms with van der Waals surface area (Å²) in [7, 11) is 2.84. The molecule has 0 fully saturated rings. The van der Waals surface area contributed by atoms with Gasteiger partial charge in [-0.15, -0.1) is 0 Å². The van der Waals surface area contributed by atoms with E-state index in [1.807, 2.05) is 0 Å². The van der Waals surface area contributed by atoms with Crippen molar-refractivity contribution in [3.05, 3.63) is 56.9 Å². The number of alkyl halides is 3. The van der Waals surface area contributed by atoms with Gasteiger partial charge < -0.3 is 10.3 Å². The molecule has 26 heavy (non-hydrogen) atoms. The first kappa shape index (κ1) is 18.0. The number of hydrogen-bond acceptors (Lipinski definition) is 3. The summed E-state index contributed by atoms with van der Waals surface area (Å²) in [4.78, 5) is 24.8. The van der Waals surface area contributed by atoms with E-state index in [-0.39, 0.29) is 24.0 Å². The minimum absolute atomic E-state index is 0.183. The van der Waals surface area contributed by atoms with Gasteiger partial charge in [-0.25, -0.2) is 4.79 Å². The van der Waals surface area contributed by atoms with Crippen LogP contribution in [0.3, 0.4) is 0 Å². The summed E-state index contributed by atoms with van der Waals surface area (Å²) in [5.41, 5.74) is 4.62. The van der Waals surface area contributed by atoms with E-state index >= 15 is 0 Å². The number of aromatic nitrogens is 3. The average Bonchev–Trinajstić information content (AvgIpc) is 2.97. The molecular weight excluding hydrogens is 349 g/mol. The van der Waals surface area contributed by atoms with Crippen molar-refractivity contribution in [1.29, 1.82) is 0 Å². The van der Waals surface area contributed by atoms with E-state index in [0.717, 1.165) is 16.7 Å². The summed E-state index contributed by atoms with van der Waals surface area (Å²) in [6.45, 7) is 0.513. The molecule has 0 aliphatic carbocycles. The molecular formula is C17H17F3N4O2. The minimum Gasteiger partial charge on any atom is -0.343 e. The molecule has 0 saturated heterocycles. The summed E-state index contributed by atoms with van der Waals surface area (Å²) in [6, 6.07) is 4.75. The monoisotopic (exact) mass is 366 g/mol. The number of nitrogens with zero attached hydrogens (tertiary/aromatic N) is 3. The van der Waals surface area contributed by atoms with Gasteiger partial charge in [0, 0.05) is 33.4 Å². The largest absolute Gasteiger partial charge is 0.416 e. The van der Waals surface area contributed by atoms with Crippen LogP contribution < -0.4 is 17.0 Å². The lowest BCUT2D eigenvalue weighted by atomic mass is 10.1. The van der Waals surface area contributed by atoms with Crippen molar-refractivity contribution in [1.82, 2.24) is 13.7 Å². The highest BCUT2D eigenvalue weighted by Crippen LogP contribution is 2.34. The smallest absolute Gasteiger partial charge is 0.343 e. The van der Waals surface area contributed by atoms with E-state index in [4.69, 9.17) is 5.73 Å². The second kappa shape index (κ2) is 6.17. The third-order valence-electron chi connectivity index (χ3n) is 4.35. The van der Waals surface area contributed by atoms with Crippen LogP contribution in [0.5, 0.6) is 0 Å². The second-order valence-electron chi connectivity index (χ2n) is 6.00. The molecule has 0 spiro atoms. The SMILES string of the molecule is Cn1c(=O)c2c(-c3cccc(C(F)(F)F)c3)n(CCN)cc2n(C)c1=O. The molecule has 2 N–H and O–H groups in total. The molecule has 1 aromatic carbocycles. The highest BCUT2D eigenvalue weighted by molar-refractivity contribution is 5.93. The average molecular weight is 366 g/mol. The van der Waals surface area contributed by atoms with Gasteiger partial charge in [0.2, 0.25) is 0 Å². The quantitative estimate of drug-likeness (QED) is 0.766. The summed E-state index contributed by atoms with van der Waals surface area (Å²) < 4.78 is 43.1. The lowest BCUT2D eigenvalue weighted by Gasteiger charge is -2.12. The Hall–Kier alpha value is -2.81. The zero-order valence-electron chi connectivity index (χ0n) is 14.2. The van der Waals surface area contributed by atoms with Crippen molar-refractivity contribution >= 4 is 10.9 Å². The first-order chi connectivity index (χ1) is 12.2. The fourth-order valence-electron chi connectivity index (χ4n) is 3.06. The van der Waals surface area contributed by atoms with Gasteiger partial charge in [0.1, 0.15) is 0 Å². The Bertz CT molecular complexity index is 1110. The van der Waals surface area contributed by atoms with Crippen molar-refractivity contribution in [2.24, 2.45) is 19.8 Å². The molecule has 0 atom stereocenters. The predicted octanol–water partition coefficient (Wildman–Crippen LogP) is 1.68. The van der Waals surface area contributed by atoms with Gasteiger partial charge in [0.15, 0.2) is 0 Å². The molecule has 2 aromatic heterocycles. The first-order valence-electron chi connectivity index (χ1n) is 7.83. The normalized spacial score (nSPS) is 12.1. The van der Waals surface area contributed by atoms with E-state index in [2.05, 4.69) is 0 Å². The second-order valence-corrected chi connectivity index (χ2v) is 6.00. The van der Waals surface area contributed by atoms with Crippen LogP contribution in [0.1, 0.15) is 5.56 Å². The Labute approximate surface area is 145 Å². The number of aryl methyl sites for hydroxylation is 1. The molecule has 0 radical (unpaired) electrons. The summed E-state index contributed by atoms with van der Waals surface area (Å²) >= 11 is 0. The van der Waals surface area contributed by atoms with Crippen molar-refractivity contribution in [2.45, 2.75) is 12.7 Å². The van der Waals surface area contributed by atoms with Gasteiger partial charge in [-0.1, -0.05) is 12.1 Å². The number of hydrogen-bond donors (Lipinski definition) is 1. The predicted molar refractivity (Wildman–Crippen MR) is 91.9 cm³/mol. The zero-order valence-corrected chi connectivity index (χ0v) is 14.2. The number of benzene rings is 1. The van der Waals surface area contributed by atoms with E-state index in [1.54, 1.807) is 10.8 Å². The Morgan fingerprint density at radius 2 is 1.81 bits per heavy atom. The fourth-order valence-corrected chi connectivity index (χ4v) is 3.06. The van der Waals surface area contributed by atoms with E-state index < -0.39 is 23.0 Å². The molecule has 6 nitrogen and oxygen atoms in total. The maximum Gasteiger partial charge on any atom is 0.416 e. The fraction of sp³-hybridized carbons (Fsp3) is 0.294. The van der Waals surface area contributed by atoms with E-state index in [0.29, 0.717) is 11.2 Å². The Morgan fingerprint density at radius 1 is 1.12 bits per heavy atom. The van der Waals surface area contributed by atoms with E-state index in [9.17, 15) is 22.8 Å². The van der Waals surface area contributed by atoms with Crippen LogP contribution in [0.25, 0.3) is 22.2 Å². The molecule has 0 unspecified atom stereocenters. The van der Waals surface area contributed by atoms with Crippen LogP contribution in [0.2, 0.25) is 0 Å². The van der Waals surface area contributed by atoms with Gasteiger partial charge in [0.05, 0.1) is 22.2 Å². The Morgan fingerprint density at radius 3 is 2.42 bits per heavy atom. The number of fused-ring (bicyclic) bond motifs is 1. The number of rotatable bonds is 3. The highest BCUT2D eigenvalue weighted by Gasteiger charge is 2.31. The summed E-state index contributed by atoms with van der Waals surface area (Å²) in [5.74, 6) is 0. The zero-order chi connectivity index (χ0) is 19.2. The lowest BCUT2D eigenvalue weighted by molar-refractivity contribution is -0.137. The van der Waals surface area contributed by atoms with Crippen molar-refractivity contribution in [2.75, 3.05) is 6.54 Å². The van der Waals surface area contributed by atoms with Gasteiger partial charge in [-0.05, 0) is 17.7 Å². The van der Waals surface area contributed by atoms with Crippen molar-refractivity contribution in [3.8, 4) is 11.3 Å². The van der Waals surface area contributed by atoms with Crippen LogP contribution in [-0.2, 0) is 26.8 Å². The lowest BCUT2D eigenvalue weighted by Crippen LogP contribution is -2.36. The van der Waals surface area contributed by atoms with E-state index in [1.165, 1.54) is 30.8 Å². The van der Waals surface area contributed by atoms with Gasteiger partial charge in [0.25, 0.3) is 5.56 Å². The van der Waals surface area contributed by atoms with Crippen molar-refractivity contribution in [3.63, 3.8) is 0 Å². The van der Waals surface area contributed by atoms with Crippen molar-refractivity contribution < 1.29 is 13.2 Å². The molecule has 9 heteroatoms. The highest BCUT2D eigenvalue weighted by atomic mass is 19.4. The molecule has 0 aliphatic heterocycles. The molecule has 0 amide bonds. The molecule has 0 aliphatic rings. The topological polar surface area (TPSA) is 75.0 Å². The Kier molecular flexibility index (Phi) is 4.27. The van der Waals surface area contributed by atoms with Crippen LogP contribution in [0, 0.1) is 0 Å². The van der Waals surface area contributed by atoms with Crippen LogP contribution in [-0.4, -0.2) is 20.2 Å². The molecule has 138 valence electrons. The number of halogens is 3. The molecule has 2 heterocycles. The van der Waals surface area contributed by atoms with Crippen LogP contribution in [0.4, 0.5) is 13.2 Å². The van der Waals surface area contributed by atoms with Crippen LogP contribution in [0.15, 0.2) is 40.1 Å². The van der Waals surface area contributed by atoms with Gasteiger partial charge in [-0.3, -0.25) is 13.9 Å². The summed E-state index contributed by atoms with van der Waals surface area (Å²) in [6.07, 6.45) is -2.94. The maximum atomic E-state index is 13.1. The van der Waals surface area contributed by atoms with Crippen LogP contribution >= 0.6 is 0 Å². The van der Waals surface area contributed by atoms with Gasteiger partial charge >= 0.3 is 11.9 Å². The standard InChI is InChI=1S/C17H17F3N4O2/c1-22-12-9-24(7-6-21)14(13(12)15(25)23(2)16(22)26)10-4-3-5-11(8-10)17(18,19)20/h3-5,8-9H,6-7,21H2,1-2H3. The summed E-state index contributed by atoms with van der Waals surface area (Å²) in [5, 5.41) is 0.183. The third kappa shape index (κ3) is 2.74. The number of nitrogens with two attached hydrogens (primary N) is 1. The van der Waals surface area contributed by atoms with Gasteiger partial charge in [-0.2, -0.15) is 13.2 Å². The molecule has 3 aromatic rings. The Balaban J connectivity index is 2.44. The first-order valence-corrected chi connectivity index (χ1v) is 7.83. The third-order valence-corrected chi connectivity index (χ3v) is 4.35.